The van der Waals surface area contributed by atoms with Crippen LogP contribution < -0.4 is 20.9 Å². The van der Waals surface area contributed by atoms with Gasteiger partial charge in [-0.1, -0.05) is 30.3 Å². The Labute approximate surface area is 162 Å². The Kier molecular flexibility index (Phi) is 7.50. The highest BCUT2D eigenvalue weighted by Gasteiger charge is 2.19. The third kappa shape index (κ3) is 6.71. The first-order valence-corrected chi connectivity index (χ1v) is 8.68. The summed E-state index contributed by atoms with van der Waals surface area (Å²) in [6.45, 7) is 2.86. The molecule has 2 rings (SSSR count). The summed E-state index contributed by atoms with van der Waals surface area (Å²) in [5, 5.41) is 2.71. The lowest BCUT2D eigenvalue weighted by molar-refractivity contribution is -0.133. The molecule has 0 aliphatic heterocycles. The van der Waals surface area contributed by atoms with E-state index in [1.165, 1.54) is 38.1 Å². The van der Waals surface area contributed by atoms with Crippen LogP contribution in [0.5, 0.6) is 5.75 Å². The van der Waals surface area contributed by atoms with Gasteiger partial charge in [-0.05, 0) is 36.8 Å². The van der Waals surface area contributed by atoms with Gasteiger partial charge in [-0.2, -0.15) is 0 Å². The van der Waals surface area contributed by atoms with Crippen LogP contribution in [0.4, 0.5) is 4.39 Å². The minimum Gasteiger partial charge on any atom is -0.481 e. The Morgan fingerprint density at radius 3 is 2.25 bits per heavy atom. The third-order valence-electron chi connectivity index (χ3n) is 3.79. The van der Waals surface area contributed by atoms with Crippen LogP contribution in [-0.2, 0) is 14.4 Å². The molecule has 0 aliphatic rings. The van der Waals surface area contributed by atoms with E-state index in [4.69, 9.17) is 4.74 Å². The van der Waals surface area contributed by atoms with Crippen molar-refractivity contribution in [1.82, 2.24) is 16.2 Å². The van der Waals surface area contributed by atoms with Crippen LogP contribution in [0.3, 0.4) is 0 Å². The standard InChI is InChI=1S/C20H22FN3O4/c1-13(28-17-10-8-16(21)9-11-17)20(27)24-23-19(26)12-18(22-14(2)25)15-6-4-3-5-7-15/h3-11,13,18H,12H2,1-2H3,(H,22,25)(H,23,26)(H,24,27)/t13-,18+/m0/s1. The molecule has 0 unspecified atom stereocenters. The largest absolute Gasteiger partial charge is 0.481 e. The van der Waals surface area contributed by atoms with E-state index in [0.29, 0.717) is 5.75 Å². The molecule has 8 heteroatoms. The summed E-state index contributed by atoms with van der Waals surface area (Å²) in [5.74, 6) is -1.42. The van der Waals surface area contributed by atoms with Gasteiger partial charge in [-0.25, -0.2) is 4.39 Å². The van der Waals surface area contributed by atoms with Crippen LogP contribution in [0.25, 0.3) is 0 Å². The van der Waals surface area contributed by atoms with Gasteiger partial charge < -0.3 is 10.1 Å². The first-order chi connectivity index (χ1) is 13.3. The summed E-state index contributed by atoms with van der Waals surface area (Å²) in [6.07, 6.45) is -0.970. The van der Waals surface area contributed by atoms with Gasteiger partial charge in [-0.15, -0.1) is 0 Å². The highest BCUT2D eigenvalue weighted by Crippen LogP contribution is 2.16. The van der Waals surface area contributed by atoms with Gasteiger partial charge in [-0.3, -0.25) is 25.2 Å². The zero-order chi connectivity index (χ0) is 20.5. The quantitative estimate of drug-likeness (QED) is 0.633. The molecule has 148 valence electrons. The molecule has 2 atom stereocenters. The fourth-order valence-corrected chi connectivity index (χ4v) is 2.42. The number of carbonyl (C=O) groups excluding carboxylic acids is 3. The van der Waals surface area contributed by atoms with E-state index < -0.39 is 29.8 Å². The second-order valence-electron chi connectivity index (χ2n) is 6.12. The molecule has 0 heterocycles. The smallest absolute Gasteiger partial charge is 0.279 e. The number of nitrogens with one attached hydrogen (secondary N) is 3. The van der Waals surface area contributed by atoms with Gasteiger partial charge in [0, 0.05) is 6.92 Å². The molecule has 0 bridgehead atoms. The van der Waals surface area contributed by atoms with Crippen molar-refractivity contribution in [3.63, 3.8) is 0 Å². The molecule has 2 aromatic rings. The number of benzene rings is 2. The van der Waals surface area contributed by atoms with Crippen LogP contribution in [0, 0.1) is 5.82 Å². The minimum absolute atomic E-state index is 0.0585. The first-order valence-electron chi connectivity index (χ1n) is 8.68. The average molecular weight is 387 g/mol. The monoisotopic (exact) mass is 387 g/mol. The van der Waals surface area contributed by atoms with E-state index >= 15 is 0 Å². The fraction of sp³-hybridized carbons (Fsp3) is 0.250. The van der Waals surface area contributed by atoms with E-state index in [-0.39, 0.29) is 12.3 Å². The van der Waals surface area contributed by atoms with E-state index in [1.54, 1.807) is 24.3 Å². The summed E-state index contributed by atoms with van der Waals surface area (Å²) in [4.78, 5) is 35.6. The van der Waals surface area contributed by atoms with E-state index in [2.05, 4.69) is 16.2 Å². The van der Waals surface area contributed by atoms with Gasteiger partial charge in [0.05, 0.1) is 12.5 Å². The molecule has 28 heavy (non-hydrogen) atoms. The molecule has 0 aliphatic carbocycles. The highest BCUT2D eigenvalue weighted by atomic mass is 19.1. The third-order valence-corrected chi connectivity index (χ3v) is 3.79. The number of carbonyl (C=O) groups is 3. The second-order valence-corrected chi connectivity index (χ2v) is 6.12. The van der Waals surface area contributed by atoms with Crippen molar-refractivity contribution in [3.8, 4) is 5.75 Å². The Morgan fingerprint density at radius 1 is 1.00 bits per heavy atom. The number of rotatable bonds is 7. The lowest BCUT2D eigenvalue weighted by Crippen LogP contribution is -2.48. The molecular weight excluding hydrogens is 365 g/mol. The summed E-state index contributed by atoms with van der Waals surface area (Å²) < 4.78 is 18.3. The molecule has 0 fully saturated rings. The van der Waals surface area contributed by atoms with E-state index in [1.807, 2.05) is 6.07 Å². The zero-order valence-corrected chi connectivity index (χ0v) is 15.6. The first kappa shape index (κ1) is 20.9. The molecule has 3 amide bonds. The van der Waals surface area contributed by atoms with Crippen LogP contribution in [-0.4, -0.2) is 23.8 Å². The van der Waals surface area contributed by atoms with Crippen molar-refractivity contribution in [3.05, 3.63) is 66.0 Å². The Hall–Kier alpha value is -3.42. The lowest BCUT2D eigenvalue weighted by atomic mass is 10.0. The molecule has 0 saturated carbocycles. The number of ether oxygens (including phenoxy) is 1. The maximum Gasteiger partial charge on any atom is 0.279 e. The van der Waals surface area contributed by atoms with Gasteiger partial charge in [0.25, 0.3) is 5.91 Å². The number of hydrogen-bond acceptors (Lipinski definition) is 4. The SMILES string of the molecule is CC(=O)N[C@H](CC(=O)NNC(=O)[C@H](C)Oc1ccc(F)cc1)c1ccccc1. The summed E-state index contributed by atoms with van der Waals surface area (Å²) >= 11 is 0. The topological polar surface area (TPSA) is 96.5 Å². The maximum absolute atomic E-state index is 12.9. The molecule has 0 spiro atoms. The molecule has 0 aromatic heterocycles. The zero-order valence-electron chi connectivity index (χ0n) is 15.6. The number of amides is 3. The molecule has 2 aromatic carbocycles. The van der Waals surface area contributed by atoms with Crippen molar-refractivity contribution in [1.29, 1.82) is 0 Å². The van der Waals surface area contributed by atoms with Crippen molar-refractivity contribution < 1.29 is 23.5 Å². The number of hydrogen-bond donors (Lipinski definition) is 3. The molecular formula is C20H22FN3O4. The summed E-state index contributed by atoms with van der Waals surface area (Å²) in [6, 6.07) is 13.7. The van der Waals surface area contributed by atoms with Crippen molar-refractivity contribution >= 4 is 17.7 Å². The van der Waals surface area contributed by atoms with Gasteiger partial charge in [0.15, 0.2) is 6.10 Å². The Bertz CT molecular complexity index is 812. The van der Waals surface area contributed by atoms with Crippen LogP contribution in [0.15, 0.2) is 54.6 Å². The van der Waals surface area contributed by atoms with Crippen molar-refractivity contribution in [2.75, 3.05) is 0 Å². The predicted molar refractivity (Wildman–Crippen MR) is 100 cm³/mol. The van der Waals surface area contributed by atoms with Gasteiger partial charge in [0.1, 0.15) is 11.6 Å². The van der Waals surface area contributed by atoms with Crippen molar-refractivity contribution in [2.24, 2.45) is 0 Å². The van der Waals surface area contributed by atoms with Gasteiger partial charge >= 0.3 is 0 Å². The number of hydrazine groups is 1. The molecule has 0 radical (unpaired) electrons. The van der Waals surface area contributed by atoms with Crippen LogP contribution in [0.2, 0.25) is 0 Å². The van der Waals surface area contributed by atoms with Crippen LogP contribution in [0.1, 0.15) is 31.9 Å². The maximum atomic E-state index is 12.9. The average Bonchev–Trinajstić information content (AvgIpc) is 2.67. The molecule has 0 saturated heterocycles. The summed E-state index contributed by atoms with van der Waals surface area (Å²) in [5.41, 5.74) is 5.35. The molecule has 7 nitrogen and oxygen atoms in total. The van der Waals surface area contributed by atoms with Crippen LogP contribution >= 0.6 is 0 Å². The van der Waals surface area contributed by atoms with Gasteiger partial charge in [0.2, 0.25) is 11.8 Å². The number of halogens is 1. The molecule has 3 N–H and O–H groups in total. The Morgan fingerprint density at radius 2 is 1.64 bits per heavy atom. The normalized spacial score (nSPS) is 12.4. The fourth-order valence-electron chi connectivity index (χ4n) is 2.42. The summed E-state index contributed by atoms with van der Waals surface area (Å²) in [7, 11) is 0. The lowest BCUT2D eigenvalue weighted by Gasteiger charge is -2.19. The highest BCUT2D eigenvalue weighted by molar-refractivity contribution is 5.85. The predicted octanol–water partition coefficient (Wildman–Crippen LogP) is 2.01. The van der Waals surface area contributed by atoms with E-state index in [0.717, 1.165) is 5.56 Å². The van der Waals surface area contributed by atoms with Crippen molar-refractivity contribution in [2.45, 2.75) is 32.4 Å². The van der Waals surface area contributed by atoms with E-state index in [9.17, 15) is 18.8 Å². The Balaban J connectivity index is 1.86. The second kappa shape index (κ2) is 10.1. The minimum atomic E-state index is -0.911.